The van der Waals surface area contributed by atoms with Crippen LogP contribution < -0.4 is 10.9 Å². The molecule has 28 heavy (non-hydrogen) atoms. The summed E-state index contributed by atoms with van der Waals surface area (Å²) in [7, 11) is 0. The molecule has 3 aromatic carbocycles. The first kappa shape index (κ1) is 17.7. The molecule has 0 fully saturated rings. The zero-order chi connectivity index (χ0) is 19.7. The number of hydrogen-bond donors (Lipinski definition) is 1. The molecule has 0 bridgehead atoms. The Labute approximate surface area is 161 Å². The van der Waals surface area contributed by atoms with Gasteiger partial charge in [0.2, 0.25) is 11.5 Å². The van der Waals surface area contributed by atoms with Gasteiger partial charge in [0.25, 0.3) is 5.91 Å². The molecule has 4 rings (SSSR count). The molecule has 1 N–H and O–H groups in total. The molecular formula is C23H18N2O3. The van der Waals surface area contributed by atoms with E-state index in [0.717, 1.165) is 21.7 Å². The quantitative estimate of drug-likeness (QED) is 0.532. The van der Waals surface area contributed by atoms with E-state index in [1.165, 1.54) is 6.92 Å². The number of rotatable bonds is 2. The number of carbonyl (C=O) groups excluding carboxylic acids is 2. The first-order chi connectivity index (χ1) is 13.5. The Kier molecular flexibility index (Phi) is 4.49. The molecular weight excluding hydrogens is 352 g/mol. The van der Waals surface area contributed by atoms with Crippen LogP contribution in [0.1, 0.15) is 22.8 Å². The highest BCUT2D eigenvalue weighted by molar-refractivity contribution is 6.09. The molecule has 0 radical (unpaired) electrons. The van der Waals surface area contributed by atoms with E-state index < -0.39 is 11.8 Å². The van der Waals surface area contributed by atoms with Crippen molar-refractivity contribution in [2.45, 2.75) is 13.8 Å². The molecule has 0 atom stereocenters. The number of carbonyl (C=O) groups is 2. The molecule has 0 spiro atoms. The minimum Gasteiger partial charge on any atom is -0.438 e. The lowest BCUT2D eigenvalue weighted by Gasteiger charge is -2.07. The highest BCUT2D eigenvalue weighted by Crippen LogP contribution is 2.25. The third kappa shape index (κ3) is 3.30. The summed E-state index contributed by atoms with van der Waals surface area (Å²) < 4.78 is 6.02. The van der Waals surface area contributed by atoms with E-state index in [2.05, 4.69) is 10.3 Å². The van der Waals surface area contributed by atoms with Crippen LogP contribution in [0, 0.1) is 6.92 Å². The van der Waals surface area contributed by atoms with E-state index >= 15 is 0 Å². The van der Waals surface area contributed by atoms with Gasteiger partial charge >= 0.3 is 0 Å². The number of aryl methyl sites for hydroxylation is 1. The van der Waals surface area contributed by atoms with Crippen LogP contribution >= 0.6 is 0 Å². The van der Waals surface area contributed by atoms with Gasteiger partial charge in [-0.2, -0.15) is 0 Å². The van der Waals surface area contributed by atoms with Crippen molar-refractivity contribution < 1.29 is 14.0 Å². The normalized spacial score (nSPS) is 11.7. The minimum atomic E-state index is -0.543. The smallest absolute Gasteiger partial charge is 0.263 e. The van der Waals surface area contributed by atoms with Crippen LogP contribution in [0.15, 0.2) is 76.1 Å². The SMILES string of the molecule is CC(=O)NC(=O)c1cc2c(ccc3ccccc32)oc1=Nc1ccccc1C. The molecule has 0 aliphatic rings. The zero-order valence-corrected chi connectivity index (χ0v) is 15.5. The first-order valence-corrected chi connectivity index (χ1v) is 8.91. The Morgan fingerprint density at radius 3 is 2.46 bits per heavy atom. The second-order valence-corrected chi connectivity index (χ2v) is 6.57. The maximum Gasteiger partial charge on any atom is 0.263 e. The molecule has 2 amide bonds. The fourth-order valence-electron chi connectivity index (χ4n) is 3.15. The Bertz CT molecular complexity index is 1300. The topological polar surface area (TPSA) is 71.7 Å². The lowest BCUT2D eigenvalue weighted by molar-refractivity contribution is -0.118. The van der Waals surface area contributed by atoms with Gasteiger partial charge in [0.05, 0.1) is 5.69 Å². The van der Waals surface area contributed by atoms with E-state index in [9.17, 15) is 9.59 Å². The van der Waals surface area contributed by atoms with Gasteiger partial charge in [0.1, 0.15) is 11.1 Å². The molecule has 4 aromatic rings. The predicted molar refractivity (Wildman–Crippen MR) is 108 cm³/mol. The molecule has 0 saturated heterocycles. The van der Waals surface area contributed by atoms with Crippen molar-refractivity contribution in [2.75, 3.05) is 0 Å². The maximum absolute atomic E-state index is 12.7. The monoisotopic (exact) mass is 370 g/mol. The Morgan fingerprint density at radius 2 is 1.68 bits per heavy atom. The number of fused-ring (bicyclic) bond motifs is 3. The van der Waals surface area contributed by atoms with Crippen LogP contribution in [0.4, 0.5) is 5.69 Å². The number of hydrogen-bond acceptors (Lipinski definition) is 4. The van der Waals surface area contributed by atoms with Crippen LogP contribution in [0.3, 0.4) is 0 Å². The maximum atomic E-state index is 12.7. The summed E-state index contributed by atoms with van der Waals surface area (Å²) in [6.45, 7) is 3.23. The van der Waals surface area contributed by atoms with Gasteiger partial charge in [-0.3, -0.25) is 14.9 Å². The summed E-state index contributed by atoms with van der Waals surface area (Å²) in [5, 5.41) is 5.10. The molecule has 0 saturated carbocycles. The number of amides is 2. The van der Waals surface area contributed by atoms with Crippen LogP contribution in [0.2, 0.25) is 0 Å². The average molecular weight is 370 g/mol. The zero-order valence-electron chi connectivity index (χ0n) is 15.5. The standard InChI is InChI=1S/C23H18N2O3/c1-14-7-3-6-10-20(14)25-23-19(22(27)24-15(2)26)13-18-17-9-5-4-8-16(17)11-12-21(18)28-23/h3-13H,1-2H3,(H,24,26,27). The van der Waals surface area contributed by atoms with Crippen molar-refractivity contribution in [1.82, 2.24) is 5.32 Å². The van der Waals surface area contributed by atoms with E-state index in [1.807, 2.05) is 67.6 Å². The van der Waals surface area contributed by atoms with Crippen molar-refractivity contribution >= 4 is 39.2 Å². The summed E-state index contributed by atoms with van der Waals surface area (Å²) >= 11 is 0. The first-order valence-electron chi connectivity index (χ1n) is 8.91. The summed E-state index contributed by atoms with van der Waals surface area (Å²) in [6.07, 6.45) is 0. The van der Waals surface area contributed by atoms with Gasteiger partial charge in [0, 0.05) is 12.3 Å². The van der Waals surface area contributed by atoms with Gasteiger partial charge in [-0.1, -0.05) is 48.5 Å². The highest BCUT2D eigenvalue weighted by Gasteiger charge is 2.15. The molecule has 1 aromatic heterocycles. The number of nitrogens with zero attached hydrogens (tertiary/aromatic N) is 1. The molecule has 138 valence electrons. The van der Waals surface area contributed by atoms with E-state index in [4.69, 9.17) is 4.42 Å². The van der Waals surface area contributed by atoms with Gasteiger partial charge in [-0.25, -0.2) is 4.99 Å². The summed E-state index contributed by atoms with van der Waals surface area (Å²) in [5.41, 5.74) is 2.64. The van der Waals surface area contributed by atoms with Crippen LogP contribution in [-0.4, -0.2) is 11.8 Å². The van der Waals surface area contributed by atoms with E-state index in [0.29, 0.717) is 11.3 Å². The fourth-order valence-corrected chi connectivity index (χ4v) is 3.15. The van der Waals surface area contributed by atoms with Crippen LogP contribution in [0.5, 0.6) is 0 Å². The molecule has 0 unspecified atom stereocenters. The summed E-state index contributed by atoms with van der Waals surface area (Å²) in [4.78, 5) is 28.7. The second-order valence-electron chi connectivity index (χ2n) is 6.57. The van der Waals surface area contributed by atoms with Gasteiger partial charge in [0.15, 0.2) is 0 Å². The van der Waals surface area contributed by atoms with Crippen molar-refractivity contribution in [2.24, 2.45) is 4.99 Å². The van der Waals surface area contributed by atoms with Crippen molar-refractivity contribution in [1.29, 1.82) is 0 Å². The predicted octanol–water partition coefficient (Wildman–Crippen LogP) is 4.40. The molecule has 1 heterocycles. The third-order valence-electron chi connectivity index (χ3n) is 4.53. The minimum absolute atomic E-state index is 0.163. The molecule has 0 aliphatic heterocycles. The van der Waals surface area contributed by atoms with Crippen LogP contribution in [-0.2, 0) is 4.79 Å². The Hall–Kier alpha value is -3.73. The number of benzene rings is 3. The van der Waals surface area contributed by atoms with Crippen molar-refractivity contribution in [3.63, 3.8) is 0 Å². The van der Waals surface area contributed by atoms with Crippen LogP contribution in [0.25, 0.3) is 21.7 Å². The third-order valence-corrected chi connectivity index (χ3v) is 4.53. The second kappa shape index (κ2) is 7.12. The van der Waals surface area contributed by atoms with E-state index in [-0.39, 0.29) is 11.1 Å². The molecule has 5 heteroatoms. The fraction of sp³-hybridized carbons (Fsp3) is 0.0870. The number of imide groups is 1. The molecule has 5 nitrogen and oxygen atoms in total. The van der Waals surface area contributed by atoms with Gasteiger partial charge in [-0.15, -0.1) is 0 Å². The highest BCUT2D eigenvalue weighted by atomic mass is 16.3. The van der Waals surface area contributed by atoms with Crippen molar-refractivity contribution in [3.8, 4) is 0 Å². The molecule has 0 aliphatic carbocycles. The van der Waals surface area contributed by atoms with Crippen molar-refractivity contribution in [3.05, 3.63) is 83.4 Å². The van der Waals surface area contributed by atoms with E-state index in [1.54, 1.807) is 6.07 Å². The number of nitrogens with one attached hydrogen (secondary N) is 1. The van der Waals surface area contributed by atoms with Gasteiger partial charge in [-0.05, 0) is 41.5 Å². The summed E-state index contributed by atoms with van der Waals surface area (Å²) in [6, 6.07) is 21.0. The lowest BCUT2D eigenvalue weighted by Crippen LogP contribution is -2.32. The Balaban J connectivity index is 2.05. The largest absolute Gasteiger partial charge is 0.438 e. The van der Waals surface area contributed by atoms with Gasteiger partial charge < -0.3 is 4.42 Å². The number of para-hydroxylation sites is 1. The Morgan fingerprint density at radius 1 is 0.929 bits per heavy atom. The average Bonchev–Trinajstić information content (AvgIpc) is 2.68. The lowest BCUT2D eigenvalue weighted by atomic mass is 10.0. The summed E-state index contributed by atoms with van der Waals surface area (Å²) in [5.74, 6) is -0.983.